The van der Waals surface area contributed by atoms with E-state index in [0.717, 1.165) is 23.8 Å². The Morgan fingerprint density at radius 1 is 1.29 bits per heavy atom. The first-order chi connectivity index (χ1) is 9.83. The molecule has 8 heteroatoms. The molecule has 21 heavy (non-hydrogen) atoms. The van der Waals surface area contributed by atoms with Gasteiger partial charge in [0.05, 0.1) is 0 Å². The average molecular weight is 333 g/mol. The standard InChI is InChI=1S/C13H13F2NO3S2/c1-8-5-6-20-12(8)11(17)7-16-21(18,19)13-9(14)3-2-4-10(13)15/h2-6,11,16-17H,7H2,1H3/t11-/m0/s1. The molecule has 1 heterocycles. The Morgan fingerprint density at radius 3 is 2.43 bits per heavy atom. The number of hydrogen-bond donors (Lipinski definition) is 2. The lowest BCUT2D eigenvalue weighted by Crippen LogP contribution is -2.29. The predicted octanol–water partition coefficient (Wildman–Crippen LogP) is 2.35. The van der Waals surface area contributed by atoms with Crippen molar-refractivity contribution < 1.29 is 22.3 Å². The fourth-order valence-corrected chi connectivity index (χ4v) is 3.90. The van der Waals surface area contributed by atoms with Crippen LogP contribution < -0.4 is 4.72 Å². The highest BCUT2D eigenvalue weighted by Gasteiger charge is 2.25. The third-order valence-electron chi connectivity index (χ3n) is 2.86. The Morgan fingerprint density at radius 2 is 1.90 bits per heavy atom. The van der Waals surface area contributed by atoms with E-state index in [1.54, 1.807) is 18.4 Å². The maximum absolute atomic E-state index is 13.5. The average Bonchev–Trinajstić information content (AvgIpc) is 2.82. The Balaban J connectivity index is 2.17. The van der Waals surface area contributed by atoms with Crippen molar-refractivity contribution in [2.24, 2.45) is 0 Å². The van der Waals surface area contributed by atoms with Gasteiger partial charge in [-0.05, 0) is 36.1 Å². The topological polar surface area (TPSA) is 66.4 Å². The van der Waals surface area contributed by atoms with Crippen molar-refractivity contribution in [3.8, 4) is 0 Å². The van der Waals surface area contributed by atoms with Gasteiger partial charge in [-0.25, -0.2) is 21.9 Å². The number of rotatable bonds is 5. The number of benzene rings is 1. The molecular formula is C13H13F2NO3S2. The summed E-state index contributed by atoms with van der Waals surface area (Å²) < 4.78 is 52.9. The van der Waals surface area contributed by atoms with E-state index < -0.39 is 32.7 Å². The highest BCUT2D eigenvalue weighted by molar-refractivity contribution is 7.89. The van der Waals surface area contributed by atoms with Crippen LogP contribution in [0.1, 0.15) is 16.5 Å². The molecule has 0 bridgehead atoms. The maximum Gasteiger partial charge on any atom is 0.246 e. The van der Waals surface area contributed by atoms with Gasteiger partial charge in [0.2, 0.25) is 10.0 Å². The minimum absolute atomic E-state index is 0.364. The van der Waals surface area contributed by atoms with Crippen LogP contribution in [-0.2, 0) is 10.0 Å². The summed E-state index contributed by atoms with van der Waals surface area (Å²) in [4.78, 5) is -0.438. The molecule has 2 aromatic rings. The van der Waals surface area contributed by atoms with Gasteiger partial charge in [0.1, 0.15) is 17.7 Å². The third kappa shape index (κ3) is 3.46. The van der Waals surface area contributed by atoms with E-state index in [1.807, 2.05) is 4.72 Å². The molecule has 4 nitrogen and oxygen atoms in total. The number of hydrogen-bond acceptors (Lipinski definition) is 4. The van der Waals surface area contributed by atoms with Crippen molar-refractivity contribution in [3.63, 3.8) is 0 Å². The molecule has 0 amide bonds. The summed E-state index contributed by atoms with van der Waals surface area (Å²) in [6.07, 6.45) is -1.07. The number of aliphatic hydroxyl groups excluding tert-OH is 1. The molecule has 2 rings (SSSR count). The van der Waals surface area contributed by atoms with Gasteiger partial charge in [0.25, 0.3) is 0 Å². The second-order valence-electron chi connectivity index (χ2n) is 4.39. The Bertz CT molecular complexity index is 723. The lowest BCUT2D eigenvalue weighted by Gasteiger charge is -2.12. The summed E-state index contributed by atoms with van der Waals surface area (Å²) in [6, 6.07) is 4.58. The summed E-state index contributed by atoms with van der Waals surface area (Å²) in [7, 11) is -4.38. The van der Waals surface area contributed by atoms with Crippen molar-refractivity contribution in [1.82, 2.24) is 4.72 Å². The van der Waals surface area contributed by atoms with Crippen LogP contribution in [0.2, 0.25) is 0 Å². The second-order valence-corrected chi connectivity index (χ2v) is 7.04. The molecule has 0 saturated carbocycles. The quantitative estimate of drug-likeness (QED) is 0.883. The smallest absolute Gasteiger partial charge is 0.246 e. The number of halogens is 2. The zero-order chi connectivity index (χ0) is 15.6. The fraction of sp³-hybridized carbons (Fsp3) is 0.231. The number of nitrogens with one attached hydrogen (secondary N) is 1. The summed E-state index contributed by atoms with van der Waals surface area (Å²) in [5.41, 5.74) is 0.823. The first-order valence-corrected chi connectivity index (χ1v) is 8.35. The summed E-state index contributed by atoms with van der Waals surface area (Å²) in [5, 5.41) is 11.7. The van der Waals surface area contributed by atoms with E-state index in [2.05, 4.69) is 0 Å². The van der Waals surface area contributed by atoms with Crippen LogP contribution in [0.5, 0.6) is 0 Å². The second kappa shape index (κ2) is 6.18. The predicted molar refractivity (Wildman–Crippen MR) is 75.6 cm³/mol. The number of aliphatic hydroxyl groups is 1. The van der Waals surface area contributed by atoms with E-state index in [-0.39, 0.29) is 6.54 Å². The molecule has 1 aromatic carbocycles. The van der Waals surface area contributed by atoms with E-state index >= 15 is 0 Å². The van der Waals surface area contributed by atoms with Crippen LogP contribution in [0.25, 0.3) is 0 Å². The zero-order valence-electron chi connectivity index (χ0n) is 11.0. The summed E-state index contributed by atoms with van der Waals surface area (Å²) in [6.45, 7) is 1.41. The molecule has 2 N–H and O–H groups in total. The highest BCUT2D eigenvalue weighted by Crippen LogP contribution is 2.24. The van der Waals surface area contributed by atoms with Crippen LogP contribution in [0.3, 0.4) is 0 Å². The Hall–Kier alpha value is -1.35. The normalized spacial score (nSPS) is 13.3. The fourth-order valence-electron chi connectivity index (χ4n) is 1.82. The molecule has 0 aliphatic rings. The van der Waals surface area contributed by atoms with Crippen molar-refractivity contribution in [3.05, 3.63) is 51.7 Å². The lowest BCUT2D eigenvalue weighted by atomic mass is 10.2. The number of sulfonamides is 1. The van der Waals surface area contributed by atoms with E-state index in [9.17, 15) is 22.3 Å². The van der Waals surface area contributed by atoms with Crippen molar-refractivity contribution in [2.45, 2.75) is 17.9 Å². The monoisotopic (exact) mass is 333 g/mol. The van der Waals surface area contributed by atoms with E-state index in [1.165, 1.54) is 11.3 Å². The zero-order valence-corrected chi connectivity index (χ0v) is 12.6. The van der Waals surface area contributed by atoms with Crippen molar-refractivity contribution >= 4 is 21.4 Å². The summed E-state index contributed by atoms with van der Waals surface area (Å²) in [5.74, 6) is -2.35. The van der Waals surface area contributed by atoms with Crippen LogP contribution in [0.4, 0.5) is 8.78 Å². The van der Waals surface area contributed by atoms with Gasteiger partial charge in [-0.15, -0.1) is 11.3 Å². The van der Waals surface area contributed by atoms with Gasteiger partial charge in [0.15, 0.2) is 4.90 Å². The largest absolute Gasteiger partial charge is 0.386 e. The molecule has 0 unspecified atom stereocenters. The van der Waals surface area contributed by atoms with Crippen LogP contribution in [0, 0.1) is 18.6 Å². The Kier molecular flexibility index (Phi) is 4.72. The highest BCUT2D eigenvalue weighted by atomic mass is 32.2. The first-order valence-electron chi connectivity index (χ1n) is 5.98. The van der Waals surface area contributed by atoms with Gasteiger partial charge in [-0.3, -0.25) is 0 Å². The molecule has 0 spiro atoms. The van der Waals surface area contributed by atoms with Crippen LogP contribution in [0.15, 0.2) is 34.5 Å². The first kappa shape index (κ1) is 16.0. The molecule has 0 aliphatic heterocycles. The van der Waals surface area contributed by atoms with Crippen molar-refractivity contribution in [1.29, 1.82) is 0 Å². The molecule has 0 aliphatic carbocycles. The van der Waals surface area contributed by atoms with Crippen LogP contribution in [-0.4, -0.2) is 20.1 Å². The number of aryl methyl sites for hydroxylation is 1. The minimum Gasteiger partial charge on any atom is -0.386 e. The van der Waals surface area contributed by atoms with Gasteiger partial charge in [-0.1, -0.05) is 6.07 Å². The molecule has 0 radical (unpaired) electrons. The number of thiophene rings is 1. The van der Waals surface area contributed by atoms with E-state index in [0.29, 0.717) is 4.88 Å². The Labute approximate surface area is 125 Å². The summed E-state index contributed by atoms with van der Waals surface area (Å²) >= 11 is 1.28. The molecule has 1 atom stereocenters. The lowest BCUT2D eigenvalue weighted by molar-refractivity contribution is 0.185. The van der Waals surface area contributed by atoms with Crippen LogP contribution >= 0.6 is 11.3 Å². The van der Waals surface area contributed by atoms with Crippen molar-refractivity contribution in [2.75, 3.05) is 6.54 Å². The minimum atomic E-state index is -4.38. The van der Waals surface area contributed by atoms with Gasteiger partial charge < -0.3 is 5.11 Å². The van der Waals surface area contributed by atoms with Gasteiger partial charge >= 0.3 is 0 Å². The van der Waals surface area contributed by atoms with E-state index in [4.69, 9.17) is 0 Å². The molecule has 0 saturated heterocycles. The SMILES string of the molecule is Cc1ccsc1[C@@H](O)CNS(=O)(=O)c1c(F)cccc1F. The molecule has 1 aromatic heterocycles. The third-order valence-corrected chi connectivity index (χ3v) is 5.45. The van der Waals surface area contributed by atoms with Gasteiger partial charge in [0, 0.05) is 11.4 Å². The molecule has 114 valence electrons. The molecule has 0 fully saturated rings. The maximum atomic E-state index is 13.5. The molecular weight excluding hydrogens is 320 g/mol. The van der Waals surface area contributed by atoms with Gasteiger partial charge in [-0.2, -0.15) is 0 Å².